The van der Waals surface area contributed by atoms with E-state index in [-0.39, 0.29) is 5.91 Å². The van der Waals surface area contributed by atoms with E-state index in [1.807, 2.05) is 18.2 Å². The van der Waals surface area contributed by atoms with Gasteiger partial charge in [-0.15, -0.1) is 0 Å². The Morgan fingerprint density at radius 2 is 1.71 bits per heavy atom. The molecular weight excluding hydrogens is 329 g/mol. The zero-order chi connectivity index (χ0) is 15.0. The molecule has 1 fully saturated rings. The monoisotopic (exact) mass is 339 g/mol. The zero-order valence-corrected chi connectivity index (χ0v) is 13.3. The third-order valence-electron chi connectivity index (χ3n) is 3.74. The summed E-state index contributed by atoms with van der Waals surface area (Å²) in [6.45, 7) is 0. The number of carbonyl (C=O) groups is 1. The summed E-state index contributed by atoms with van der Waals surface area (Å²) in [4.78, 5) is 12.6. The summed E-state index contributed by atoms with van der Waals surface area (Å²) in [5.74, 6) is -0.0611. The molecule has 108 valence electrons. The summed E-state index contributed by atoms with van der Waals surface area (Å²) in [7, 11) is 0. The third kappa shape index (κ3) is 2.89. The van der Waals surface area contributed by atoms with E-state index in [9.17, 15) is 4.79 Å². The average Bonchev–Trinajstić information content (AvgIpc) is 3.23. The van der Waals surface area contributed by atoms with Crippen LogP contribution in [0, 0.1) is 0 Å². The second kappa shape index (κ2) is 5.53. The summed E-state index contributed by atoms with van der Waals surface area (Å²) in [6, 6.07) is 12.4. The van der Waals surface area contributed by atoms with Gasteiger partial charge in [-0.05, 0) is 48.7 Å². The molecule has 0 unspecified atom stereocenters. The number of rotatable bonds is 3. The molecule has 1 amide bonds. The molecule has 5 heteroatoms. The fourth-order valence-corrected chi connectivity index (χ4v) is 3.04. The van der Waals surface area contributed by atoms with E-state index in [1.165, 1.54) is 0 Å². The zero-order valence-electron chi connectivity index (χ0n) is 11.0. The molecule has 0 spiro atoms. The molecule has 0 radical (unpaired) electrons. The molecule has 0 aromatic heterocycles. The Kier molecular flexibility index (Phi) is 3.87. The van der Waals surface area contributed by atoms with Gasteiger partial charge in [-0.2, -0.15) is 0 Å². The highest BCUT2D eigenvalue weighted by atomic mass is 35.5. The number of benzene rings is 2. The maximum atomic E-state index is 12.6. The number of carbonyl (C=O) groups excluding carboxylic acids is 1. The highest BCUT2D eigenvalue weighted by Gasteiger charge is 2.51. The lowest BCUT2D eigenvalue weighted by Gasteiger charge is -2.17. The molecule has 1 aliphatic rings. The number of amides is 1. The van der Waals surface area contributed by atoms with Crippen LogP contribution in [0.2, 0.25) is 15.1 Å². The van der Waals surface area contributed by atoms with Crippen LogP contribution in [0.15, 0.2) is 42.5 Å². The van der Waals surface area contributed by atoms with Crippen LogP contribution in [0.25, 0.3) is 0 Å². The Morgan fingerprint density at radius 1 is 1.00 bits per heavy atom. The first kappa shape index (κ1) is 14.7. The van der Waals surface area contributed by atoms with Crippen LogP contribution in [0.4, 0.5) is 5.69 Å². The van der Waals surface area contributed by atoms with Crippen molar-refractivity contribution in [3.8, 4) is 0 Å². The van der Waals surface area contributed by atoms with Gasteiger partial charge in [0.2, 0.25) is 5.91 Å². The minimum Gasteiger partial charge on any atom is -0.324 e. The molecule has 2 aromatic carbocycles. The van der Waals surface area contributed by atoms with Crippen molar-refractivity contribution in [2.24, 2.45) is 0 Å². The molecule has 1 N–H and O–H groups in total. The molecule has 1 aliphatic carbocycles. The SMILES string of the molecule is O=C(Nc1ccc(Cl)cc1Cl)C1(c2cccc(Cl)c2)CC1. The fourth-order valence-electron chi connectivity index (χ4n) is 2.39. The largest absolute Gasteiger partial charge is 0.324 e. The summed E-state index contributed by atoms with van der Waals surface area (Å²) in [5, 5.41) is 4.49. The summed E-state index contributed by atoms with van der Waals surface area (Å²) in [6.07, 6.45) is 1.62. The predicted octanol–water partition coefficient (Wildman–Crippen LogP) is 5.32. The molecule has 2 aromatic rings. The maximum absolute atomic E-state index is 12.6. The van der Waals surface area contributed by atoms with Crippen molar-refractivity contribution in [3.63, 3.8) is 0 Å². The van der Waals surface area contributed by atoms with E-state index >= 15 is 0 Å². The van der Waals surface area contributed by atoms with Crippen LogP contribution >= 0.6 is 34.8 Å². The Hall–Kier alpha value is -1.22. The molecule has 2 nitrogen and oxygen atoms in total. The number of halogens is 3. The van der Waals surface area contributed by atoms with Gasteiger partial charge in [0.1, 0.15) is 0 Å². The van der Waals surface area contributed by atoms with Crippen molar-refractivity contribution < 1.29 is 4.79 Å². The standard InChI is InChI=1S/C16H12Cl3NO/c17-11-3-1-2-10(8-11)16(6-7-16)15(21)20-14-5-4-12(18)9-13(14)19/h1-5,8-9H,6-7H2,(H,20,21). The molecule has 0 heterocycles. The Bertz CT molecular complexity index is 710. The van der Waals surface area contributed by atoms with Crippen LogP contribution in [-0.4, -0.2) is 5.91 Å². The topological polar surface area (TPSA) is 29.1 Å². The minimum atomic E-state index is -0.492. The van der Waals surface area contributed by atoms with Gasteiger partial charge in [-0.25, -0.2) is 0 Å². The first-order chi connectivity index (χ1) is 10.0. The van der Waals surface area contributed by atoms with Gasteiger partial charge in [0.25, 0.3) is 0 Å². The van der Waals surface area contributed by atoms with Crippen molar-refractivity contribution in [2.75, 3.05) is 5.32 Å². The summed E-state index contributed by atoms with van der Waals surface area (Å²) in [5.41, 5.74) is 1.02. The summed E-state index contributed by atoms with van der Waals surface area (Å²) < 4.78 is 0. The van der Waals surface area contributed by atoms with Gasteiger partial charge in [0, 0.05) is 10.0 Å². The van der Waals surface area contributed by atoms with Crippen molar-refractivity contribution in [3.05, 3.63) is 63.1 Å². The van der Waals surface area contributed by atoms with Gasteiger partial charge in [0.05, 0.1) is 16.1 Å². The Balaban J connectivity index is 1.85. The van der Waals surface area contributed by atoms with Crippen LogP contribution in [0.3, 0.4) is 0 Å². The second-order valence-electron chi connectivity index (χ2n) is 5.17. The lowest BCUT2D eigenvalue weighted by molar-refractivity contribution is -0.118. The Morgan fingerprint density at radius 3 is 2.33 bits per heavy atom. The number of nitrogens with one attached hydrogen (secondary N) is 1. The fraction of sp³-hybridized carbons (Fsp3) is 0.188. The van der Waals surface area contributed by atoms with E-state index < -0.39 is 5.41 Å². The second-order valence-corrected chi connectivity index (χ2v) is 6.45. The van der Waals surface area contributed by atoms with E-state index in [1.54, 1.807) is 24.3 Å². The molecule has 0 aliphatic heterocycles. The van der Waals surface area contributed by atoms with Crippen molar-refractivity contribution in [1.82, 2.24) is 0 Å². The number of hydrogen-bond acceptors (Lipinski definition) is 1. The molecular formula is C16H12Cl3NO. The molecule has 3 rings (SSSR count). The van der Waals surface area contributed by atoms with Gasteiger partial charge < -0.3 is 5.32 Å². The molecule has 0 saturated heterocycles. The van der Waals surface area contributed by atoms with Crippen LogP contribution in [0.1, 0.15) is 18.4 Å². The van der Waals surface area contributed by atoms with Crippen molar-refractivity contribution >= 4 is 46.4 Å². The first-order valence-corrected chi connectivity index (χ1v) is 7.67. The molecule has 21 heavy (non-hydrogen) atoms. The highest BCUT2D eigenvalue weighted by molar-refractivity contribution is 6.36. The van der Waals surface area contributed by atoms with Crippen LogP contribution in [0.5, 0.6) is 0 Å². The van der Waals surface area contributed by atoms with E-state index in [4.69, 9.17) is 34.8 Å². The van der Waals surface area contributed by atoms with Crippen LogP contribution in [-0.2, 0) is 10.2 Å². The average molecular weight is 341 g/mol. The van der Waals surface area contributed by atoms with Crippen molar-refractivity contribution in [1.29, 1.82) is 0 Å². The number of anilines is 1. The van der Waals surface area contributed by atoms with Gasteiger partial charge in [-0.3, -0.25) is 4.79 Å². The van der Waals surface area contributed by atoms with Crippen molar-refractivity contribution in [2.45, 2.75) is 18.3 Å². The van der Waals surface area contributed by atoms with E-state index in [0.29, 0.717) is 20.8 Å². The third-order valence-corrected chi connectivity index (χ3v) is 4.52. The van der Waals surface area contributed by atoms with Gasteiger partial charge in [-0.1, -0.05) is 46.9 Å². The molecule has 1 saturated carbocycles. The quantitative estimate of drug-likeness (QED) is 0.805. The van der Waals surface area contributed by atoms with Crippen LogP contribution < -0.4 is 5.32 Å². The highest BCUT2D eigenvalue weighted by Crippen LogP contribution is 2.49. The lowest BCUT2D eigenvalue weighted by Crippen LogP contribution is -2.27. The predicted molar refractivity (Wildman–Crippen MR) is 87.5 cm³/mol. The maximum Gasteiger partial charge on any atom is 0.235 e. The van der Waals surface area contributed by atoms with E-state index in [2.05, 4.69) is 5.32 Å². The minimum absolute atomic E-state index is 0.0611. The van der Waals surface area contributed by atoms with E-state index in [0.717, 1.165) is 18.4 Å². The van der Waals surface area contributed by atoms with Gasteiger partial charge >= 0.3 is 0 Å². The van der Waals surface area contributed by atoms with Gasteiger partial charge in [0.15, 0.2) is 0 Å². The summed E-state index contributed by atoms with van der Waals surface area (Å²) >= 11 is 18.0. The Labute approximate surface area is 138 Å². The lowest BCUT2D eigenvalue weighted by atomic mass is 9.95. The normalized spacial score (nSPS) is 15.6. The number of hydrogen-bond donors (Lipinski definition) is 1. The first-order valence-electron chi connectivity index (χ1n) is 6.54. The smallest absolute Gasteiger partial charge is 0.235 e. The molecule has 0 atom stereocenters. The molecule has 0 bridgehead atoms.